The van der Waals surface area contributed by atoms with Crippen LogP contribution in [0, 0.1) is 10.1 Å². The van der Waals surface area contributed by atoms with Gasteiger partial charge in [0.2, 0.25) is 0 Å². The molecule has 0 saturated heterocycles. The first-order valence-electron chi connectivity index (χ1n) is 10.2. The van der Waals surface area contributed by atoms with Gasteiger partial charge in [-0.25, -0.2) is 0 Å². The minimum absolute atomic E-state index is 0.324. The molecular weight excluding hydrogens is 376 g/mol. The van der Waals surface area contributed by atoms with Crippen molar-refractivity contribution in [2.24, 2.45) is 0 Å². The molecule has 1 aliphatic rings. The van der Waals surface area contributed by atoms with Crippen LogP contribution in [0.2, 0.25) is 0 Å². The van der Waals surface area contributed by atoms with Crippen molar-refractivity contribution in [3.63, 3.8) is 0 Å². The number of nitro groups is 1. The third-order valence-electron chi connectivity index (χ3n) is 4.69. The summed E-state index contributed by atoms with van der Waals surface area (Å²) in [5, 5.41) is 17.5. The zero-order valence-corrected chi connectivity index (χ0v) is 17.9. The summed E-state index contributed by atoms with van der Waals surface area (Å²) in [6, 6.07) is 4.36. The van der Waals surface area contributed by atoms with Crippen LogP contribution in [0.4, 0.5) is 0 Å². The lowest BCUT2D eigenvalue weighted by Gasteiger charge is -2.23. The van der Waals surface area contributed by atoms with Gasteiger partial charge in [-0.2, -0.15) is 11.8 Å². The van der Waals surface area contributed by atoms with Gasteiger partial charge in [-0.1, -0.05) is 32.1 Å². The lowest BCUT2D eigenvalue weighted by atomic mass is 9.97. The quantitative estimate of drug-likeness (QED) is 0.325. The molecular formula is C20H34N4O3S. The Morgan fingerprint density at radius 3 is 2.61 bits per heavy atom. The van der Waals surface area contributed by atoms with E-state index in [0.717, 1.165) is 48.6 Å². The molecule has 8 heteroatoms. The molecule has 2 rings (SSSR count). The second-order valence-electron chi connectivity index (χ2n) is 7.60. The van der Waals surface area contributed by atoms with Crippen molar-refractivity contribution in [1.29, 1.82) is 0 Å². The molecule has 1 aromatic rings. The molecule has 0 aliphatic heterocycles. The Labute approximate surface area is 172 Å². The minimum atomic E-state index is -0.388. The molecule has 0 radical (unpaired) electrons. The van der Waals surface area contributed by atoms with Gasteiger partial charge < -0.3 is 20.0 Å². The molecule has 0 amide bonds. The number of rotatable bonds is 11. The lowest BCUT2D eigenvalue weighted by Crippen LogP contribution is -2.36. The summed E-state index contributed by atoms with van der Waals surface area (Å²) in [4.78, 5) is 12.6. The molecule has 1 fully saturated rings. The zero-order valence-electron chi connectivity index (χ0n) is 17.1. The summed E-state index contributed by atoms with van der Waals surface area (Å²) in [5.74, 6) is 4.13. The van der Waals surface area contributed by atoms with Gasteiger partial charge in [-0.3, -0.25) is 10.1 Å². The van der Waals surface area contributed by atoms with E-state index in [9.17, 15) is 10.1 Å². The molecule has 0 spiro atoms. The fourth-order valence-electron chi connectivity index (χ4n) is 3.39. The number of furan rings is 1. The highest BCUT2D eigenvalue weighted by atomic mass is 32.2. The van der Waals surface area contributed by atoms with E-state index in [-0.39, 0.29) is 4.92 Å². The normalized spacial score (nSPS) is 16.6. The van der Waals surface area contributed by atoms with Crippen LogP contribution in [-0.4, -0.2) is 42.3 Å². The fourth-order valence-corrected chi connectivity index (χ4v) is 4.13. The van der Waals surface area contributed by atoms with Gasteiger partial charge in [0.05, 0.1) is 17.2 Å². The Balaban J connectivity index is 1.71. The molecule has 28 heavy (non-hydrogen) atoms. The first-order chi connectivity index (χ1) is 13.5. The summed E-state index contributed by atoms with van der Waals surface area (Å²) >= 11 is 1.76. The van der Waals surface area contributed by atoms with Crippen molar-refractivity contribution in [3.05, 3.63) is 45.8 Å². The van der Waals surface area contributed by atoms with Crippen LogP contribution in [0.25, 0.3) is 0 Å². The van der Waals surface area contributed by atoms with Gasteiger partial charge in [0.1, 0.15) is 11.5 Å². The number of thioether (sulfide) groups is 1. The molecule has 7 nitrogen and oxygen atoms in total. The first-order valence-corrected chi connectivity index (χ1v) is 11.3. The maximum Gasteiger partial charge on any atom is 0.274 e. The van der Waals surface area contributed by atoms with Crippen LogP contribution in [0.1, 0.15) is 56.5 Å². The molecule has 0 aromatic carbocycles. The van der Waals surface area contributed by atoms with E-state index in [1.54, 1.807) is 11.8 Å². The summed E-state index contributed by atoms with van der Waals surface area (Å²) < 4.78 is 5.80. The predicted molar refractivity (Wildman–Crippen MR) is 115 cm³/mol. The highest BCUT2D eigenvalue weighted by Crippen LogP contribution is 2.18. The summed E-state index contributed by atoms with van der Waals surface area (Å²) in [6.07, 6.45) is 9.45. The van der Waals surface area contributed by atoms with Gasteiger partial charge in [0.15, 0.2) is 5.82 Å². The number of hydrogen-bond acceptors (Lipinski definition) is 7. The van der Waals surface area contributed by atoms with Crippen molar-refractivity contribution in [3.8, 4) is 0 Å². The fraction of sp³-hybridized carbons (Fsp3) is 0.700. The molecule has 2 N–H and O–H groups in total. The van der Waals surface area contributed by atoms with E-state index in [0.29, 0.717) is 18.4 Å². The molecule has 0 bridgehead atoms. The van der Waals surface area contributed by atoms with Crippen LogP contribution in [0.3, 0.4) is 0 Å². The van der Waals surface area contributed by atoms with E-state index < -0.39 is 0 Å². The summed E-state index contributed by atoms with van der Waals surface area (Å²) in [6.45, 7) is 1.48. The van der Waals surface area contributed by atoms with E-state index in [1.807, 2.05) is 26.2 Å². The Morgan fingerprint density at radius 1 is 1.25 bits per heavy atom. The van der Waals surface area contributed by atoms with Gasteiger partial charge >= 0.3 is 0 Å². The van der Waals surface area contributed by atoms with Crippen LogP contribution >= 0.6 is 11.8 Å². The van der Waals surface area contributed by atoms with Crippen LogP contribution in [0.15, 0.2) is 28.6 Å². The Morgan fingerprint density at radius 2 is 1.93 bits per heavy atom. The second-order valence-corrected chi connectivity index (χ2v) is 8.70. The molecule has 158 valence electrons. The highest BCUT2D eigenvalue weighted by Gasteiger charge is 2.14. The molecule has 1 heterocycles. The first kappa shape index (κ1) is 22.6. The Bertz CT molecular complexity index is 610. The number of hydrogen-bond donors (Lipinski definition) is 2. The topological polar surface area (TPSA) is 83.6 Å². The SMILES string of the molecule is CN(C)Cc1ccc(CSCCNC(=C[N+](=O)[O-])NC2CCCCCCC2)o1. The van der Waals surface area contributed by atoms with Crippen LogP contribution in [-0.2, 0) is 12.3 Å². The summed E-state index contributed by atoms with van der Waals surface area (Å²) in [7, 11) is 4.03. The van der Waals surface area contributed by atoms with Gasteiger partial charge in [0.25, 0.3) is 6.20 Å². The zero-order chi connectivity index (χ0) is 20.2. The van der Waals surface area contributed by atoms with Crippen molar-refractivity contribution < 1.29 is 9.34 Å². The summed E-state index contributed by atoms with van der Waals surface area (Å²) in [5.41, 5.74) is 0. The van der Waals surface area contributed by atoms with E-state index in [1.165, 1.54) is 32.1 Å². The Hall–Kier alpha value is -1.67. The average Bonchev–Trinajstić information content (AvgIpc) is 3.02. The molecule has 1 aromatic heterocycles. The van der Waals surface area contributed by atoms with Crippen molar-refractivity contribution in [2.75, 3.05) is 26.4 Å². The van der Waals surface area contributed by atoms with Crippen LogP contribution in [0.5, 0.6) is 0 Å². The molecule has 0 atom stereocenters. The second kappa shape index (κ2) is 12.7. The van der Waals surface area contributed by atoms with Gasteiger partial charge in [-0.05, 0) is 39.1 Å². The molecule has 0 unspecified atom stereocenters. The maximum absolute atomic E-state index is 11.0. The third-order valence-corrected chi connectivity index (χ3v) is 5.68. The maximum atomic E-state index is 11.0. The number of nitrogens with one attached hydrogen (secondary N) is 2. The highest BCUT2D eigenvalue weighted by molar-refractivity contribution is 7.98. The molecule has 1 saturated carbocycles. The van der Waals surface area contributed by atoms with Crippen molar-refractivity contribution >= 4 is 11.8 Å². The lowest BCUT2D eigenvalue weighted by molar-refractivity contribution is -0.404. The molecule has 1 aliphatic carbocycles. The van der Waals surface area contributed by atoms with E-state index in [4.69, 9.17) is 4.42 Å². The minimum Gasteiger partial charge on any atom is -0.464 e. The van der Waals surface area contributed by atoms with E-state index in [2.05, 4.69) is 15.5 Å². The standard InChI is InChI=1S/C20H34N4O3S/c1-23(2)14-18-10-11-19(27-18)16-28-13-12-21-20(15-24(25)26)22-17-8-6-4-3-5-7-9-17/h10-11,15,17,21-22H,3-9,12-14,16H2,1-2H3. The number of nitrogens with zero attached hydrogens (tertiary/aromatic N) is 2. The van der Waals surface area contributed by atoms with Gasteiger partial charge in [-0.15, -0.1) is 0 Å². The average molecular weight is 411 g/mol. The van der Waals surface area contributed by atoms with E-state index >= 15 is 0 Å². The largest absolute Gasteiger partial charge is 0.464 e. The van der Waals surface area contributed by atoms with Gasteiger partial charge in [0, 0.05) is 18.3 Å². The smallest absolute Gasteiger partial charge is 0.274 e. The Kier molecular flexibility index (Phi) is 10.3. The monoisotopic (exact) mass is 410 g/mol. The van der Waals surface area contributed by atoms with Crippen LogP contribution < -0.4 is 10.6 Å². The third kappa shape index (κ3) is 9.50. The predicted octanol–water partition coefficient (Wildman–Crippen LogP) is 3.94. The van der Waals surface area contributed by atoms with Crippen molar-refractivity contribution in [1.82, 2.24) is 15.5 Å². The van der Waals surface area contributed by atoms with Crippen molar-refractivity contribution in [2.45, 2.75) is 63.3 Å².